The second kappa shape index (κ2) is 8.31. The van der Waals surface area contributed by atoms with E-state index in [-0.39, 0.29) is 18.3 Å². The third kappa shape index (κ3) is 7.06. The van der Waals surface area contributed by atoms with E-state index in [0.29, 0.717) is 38.8 Å². The number of hydrogen-bond donors (Lipinski definition) is 1. The maximum atomic E-state index is 12.0. The molecule has 2 aliphatic rings. The predicted octanol–water partition coefficient (Wildman–Crippen LogP) is 2.19. The summed E-state index contributed by atoms with van der Waals surface area (Å²) >= 11 is 0. The van der Waals surface area contributed by atoms with Gasteiger partial charge in [-0.05, 0) is 52.4 Å². The van der Waals surface area contributed by atoms with Gasteiger partial charge in [-0.3, -0.25) is 0 Å². The second-order valence-electron chi connectivity index (χ2n) is 7.52. The molecule has 0 aromatic heterocycles. The van der Waals surface area contributed by atoms with Crippen LogP contribution in [0, 0.1) is 5.92 Å². The smallest absolute Gasteiger partial charge is 0.410 e. The van der Waals surface area contributed by atoms with Gasteiger partial charge in [0, 0.05) is 13.1 Å². The van der Waals surface area contributed by atoms with Crippen LogP contribution in [0.15, 0.2) is 0 Å². The Morgan fingerprint density at radius 2 is 1.83 bits per heavy atom. The number of likely N-dealkylation sites (tertiary alicyclic amines) is 1. The van der Waals surface area contributed by atoms with E-state index in [1.807, 2.05) is 20.8 Å². The Morgan fingerprint density at radius 1 is 1.17 bits per heavy atom. The molecule has 1 aliphatic carbocycles. The van der Waals surface area contributed by atoms with Gasteiger partial charge in [-0.2, -0.15) is 0 Å². The van der Waals surface area contributed by atoms with Crippen molar-refractivity contribution < 1.29 is 24.1 Å². The number of aliphatic hydroxyl groups excluding tert-OH is 1. The van der Waals surface area contributed by atoms with Crippen molar-refractivity contribution in [2.75, 3.05) is 32.9 Å². The second-order valence-corrected chi connectivity index (χ2v) is 7.52. The number of aliphatic hydroxyl groups is 1. The average Bonchev–Trinajstić information content (AvgIpc) is 3.30. The zero-order chi connectivity index (χ0) is 16.9. The van der Waals surface area contributed by atoms with E-state index < -0.39 is 5.60 Å². The molecule has 1 amide bonds. The molecule has 1 saturated carbocycles. The van der Waals surface area contributed by atoms with Crippen LogP contribution in [0.4, 0.5) is 4.79 Å². The molecule has 0 aromatic carbocycles. The molecule has 1 N–H and O–H groups in total. The topological polar surface area (TPSA) is 68.2 Å². The van der Waals surface area contributed by atoms with Gasteiger partial charge in [-0.1, -0.05) is 0 Å². The molecule has 1 unspecified atom stereocenters. The Morgan fingerprint density at radius 3 is 2.39 bits per heavy atom. The van der Waals surface area contributed by atoms with Crippen LogP contribution in [0.2, 0.25) is 0 Å². The molecule has 1 aliphatic heterocycles. The van der Waals surface area contributed by atoms with Gasteiger partial charge in [0.1, 0.15) is 5.60 Å². The molecule has 0 spiro atoms. The van der Waals surface area contributed by atoms with Crippen molar-refractivity contribution in [3.8, 4) is 0 Å². The van der Waals surface area contributed by atoms with Crippen molar-refractivity contribution in [1.82, 2.24) is 4.90 Å². The average molecular weight is 329 g/mol. The van der Waals surface area contributed by atoms with E-state index in [1.54, 1.807) is 4.90 Å². The lowest BCUT2D eigenvalue weighted by molar-refractivity contribution is -0.0420. The van der Waals surface area contributed by atoms with Crippen molar-refractivity contribution in [1.29, 1.82) is 0 Å². The number of ether oxygens (including phenoxy) is 3. The normalized spacial score (nSPS) is 21.3. The van der Waals surface area contributed by atoms with Crippen LogP contribution in [0.1, 0.15) is 46.5 Å². The Labute approximate surface area is 139 Å². The zero-order valence-corrected chi connectivity index (χ0v) is 14.6. The van der Waals surface area contributed by atoms with Gasteiger partial charge in [0.25, 0.3) is 0 Å². The first kappa shape index (κ1) is 18.5. The van der Waals surface area contributed by atoms with Crippen LogP contribution < -0.4 is 0 Å². The monoisotopic (exact) mass is 329 g/mol. The van der Waals surface area contributed by atoms with Gasteiger partial charge < -0.3 is 24.2 Å². The van der Waals surface area contributed by atoms with Crippen LogP contribution in [-0.4, -0.2) is 66.8 Å². The minimum absolute atomic E-state index is 0.172. The fraction of sp³-hybridized carbons (Fsp3) is 0.941. The summed E-state index contributed by atoms with van der Waals surface area (Å²) in [5.74, 6) is 0.452. The summed E-state index contributed by atoms with van der Waals surface area (Å²) in [5.41, 5.74) is -0.452. The highest BCUT2D eigenvalue weighted by molar-refractivity contribution is 5.68. The highest BCUT2D eigenvalue weighted by Crippen LogP contribution is 2.32. The SMILES string of the molecule is CC(C)(C)OC(=O)N1CCC(OCCOCC(O)C2CC2)CC1. The summed E-state index contributed by atoms with van der Waals surface area (Å²) in [7, 11) is 0. The lowest BCUT2D eigenvalue weighted by Gasteiger charge is -2.33. The number of nitrogens with zero attached hydrogens (tertiary/aromatic N) is 1. The molecule has 1 atom stereocenters. The maximum absolute atomic E-state index is 12.0. The molecule has 2 fully saturated rings. The number of hydrogen-bond acceptors (Lipinski definition) is 5. The van der Waals surface area contributed by atoms with E-state index in [9.17, 15) is 9.90 Å². The molecule has 6 heteroatoms. The highest BCUT2D eigenvalue weighted by atomic mass is 16.6. The molecule has 1 saturated heterocycles. The molecule has 1 heterocycles. The molecule has 0 aromatic rings. The van der Waals surface area contributed by atoms with Crippen molar-refractivity contribution in [2.24, 2.45) is 5.92 Å². The van der Waals surface area contributed by atoms with Crippen molar-refractivity contribution in [3.05, 3.63) is 0 Å². The predicted molar refractivity (Wildman–Crippen MR) is 86.3 cm³/mol. The zero-order valence-electron chi connectivity index (χ0n) is 14.6. The van der Waals surface area contributed by atoms with Crippen LogP contribution in [0.25, 0.3) is 0 Å². The minimum Gasteiger partial charge on any atom is -0.444 e. The largest absolute Gasteiger partial charge is 0.444 e. The first-order chi connectivity index (χ1) is 10.8. The lowest BCUT2D eigenvalue weighted by atomic mass is 10.1. The Kier molecular flexibility index (Phi) is 6.68. The van der Waals surface area contributed by atoms with E-state index in [0.717, 1.165) is 25.7 Å². The Balaban J connectivity index is 1.51. The number of rotatable bonds is 7. The fourth-order valence-corrected chi connectivity index (χ4v) is 2.63. The van der Waals surface area contributed by atoms with Crippen molar-refractivity contribution in [2.45, 2.75) is 64.3 Å². The number of piperidine rings is 1. The summed E-state index contributed by atoms with van der Waals surface area (Å²) in [6.07, 6.45) is 3.51. The van der Waals surface area contributed by atoms with Gasteiger partial charge in [-0.15, -0.1) is 0 Å². The van der Waals surface area contributed by atoms with Gasteiger partial charge in [0.15, 0.2) is 0 Å². The first-order valence-electron chi connectivity index (χ1n) is 8.70. The molecular formula is C17H31NO5. The number of carbonyl (C=O) groups is 1. The van der Waals surface area contributed by atoms with Crippen LogP contribution in [-0.2, 0) is 14.2 Å². The van der Waals surface area contributed by atoms with Crippen LogP contribution in [0.3, 0.4) is 0 Å². The number of amides is 1. The summed E-state index contributed by atoms with van der Waals surface area (Å²) in [4.78, 5) is 13.7. The lowest BCUT2D eigenvalue weighted by Crippen LogP contribution is -2.43. The molecule has 134 valence electrons. The van der Waals surface area contributed by atoms with E-state index in [2.05, 4.69) is 0 Å². The third-order valence-electron chi connectivity index (χ3n) is 4.13. The Bertz CT molecular complexity index is 370. The summed E-state index contributed by atoms with van der Waals surface area (Å²) < 4.78 is 16.6. The van der Waals surface area contributed by atoms with Gasteiger partial charge >= 0.3 is 6.09 Å². The Hall–Kier alpha value is -0.850. The standard InChI is InChI=1S/C17H31NO5/c1-17(2,3)23-16(20)18-8-6-14(7-9-18)22-11-10-21-12-15(19)13-4-5-13/h13-15,19H,4-12H2,1-3H3. The molecule has 2 rings (SSSR count). The summed E-state index contributed by atoms with van der Waals surface area (Å²) in [6, 6.07) is 0. The molecule has 6 nitrogen and oxygen atoms in total. The highest BCUT2D eigenvalue weighted by Gasteiger charge is 2.30. The molecule has 23 heavy (non-hydrogen) atoms. The molecule has 0 radical (unpaired) electrons. The summed E-state index contributed by atoms with van der Waals surface area (Å²) in [6.45, 7) is 8.42. The van der Waals surface area contributed by atoms with Gasteiger partial charge in [0.05, 0.1) is 32.0 Å². The van der Waals surface area contributed by atoms with Crippen LogP contribution >= 0.6 is 0 Å². The minimum atomic E-state index is -0.452. The van der Waals surface area contributed by atoms with E-state index >= 15 is 0 Å². The molecular weight excluding hydrogens is 298 g/mol. The third-order valence-corrected chi connectivity index (χ3v) is 4.13. The van der Waals surface area contributed by atoms with E-state index in [4.69, 9.17) is 14.2 Å². The van der Waals surface area contributed by atoms with Crippen LogP contribution in [0.5, 0.6) is 0 Å². The van der Waals surface area contributed by atoms with E-state index in [1.165, 1.54) is 0 Å². The van der Waals surface area contributed by atoms with Gasteiger partial charge in [-0.25, -0.2) is 4.79 Å². The van der Waals surface area contributed by atoms with Crippen molar-refractivity contribution >= 4 is 6.09 Å². The fourth-order valence-electron chi connectivity index (χ4n) is 2.63. The summed E-state index contributed by atoms with van der Waals surface area (Å²) in [5, 5.41) is 9.68. The first-order valence-corrected chi connectivity index (χ1v) is 8.70. The molecule has 0 bridgehead atoms. The van der Waals surface area contributed by atoms with Gasteiger partial charge in [0.2, 0.25) is 0 Å². The van der Waals surface area contributed by atoms with Crippen molar-refractivity contribution in [3.63, 3.8) is 0 Å². The maximum Gasteiger partial charge on any atom is 0.410 e. The number of carbonyl (C=O) groups excluding carboxylic acids is 1. The quantitative estimate of drug-likeness (QED) is 0.725.